The third-order valence-electron chi connectivity index (χ3n) is 5.56. The van der Waals surface area contributed by atoms with E-state index in [-0.39, 0.29) is 24.9 Å². The molecule has 1 aliphatic heterocycles. The van der Waals surface area contributed by atoms with Gasteiger partial charge in [0.1, 0.15) is 17.5 Å². The van der Waals surface area contributed by atoms with Gasteiger partial charge in [-0.3, -0.25) is 14.4 Å². The highest BCUT2D eigenvalue weighted by molar-refractivity contribution is 6.02. The molecule has 2 aliphatic rings. The van der Waals surface area contributed by atoms with Crippen LogP contribution in [0.2, 0.25) is 0 Å². The molecule has 1 aliphatic carbocycles. The summed E-state index contributed by atoms with van der Waals surface area (Å²) in [6.07, 6.45) is 4.86. The molecular formula is C23H29FN2O4. The molecule has 30 heavy (non-hydrogen) atoms. The van der Waals surface area contributed by atoms with E-state index in [4.69, 9.17) is 10.5 Å². The molecule has 0 aromatic heterocycles. The number of benzene rings is 1. The zero-order valence-corrected chi connectivity index (χ0v) is 18.0. The van der Waals surface area contributed by atoms with Gasteiger partial charge >= 0.3 is 5.97 Å². The monoisotopic (exact) mass is 416 g/mol. The maximum atomic E-state index is 14.6. The summed E-state index contributed by atoms with van der Waals surface area (Å²) in [6, 6.07) is 0.281. The molecule has 6 nitrogen and oxygen atoms in total. The second kappa shape index (κ2) is 8.20. The van der Waals surface area contributed by atoms with Crippen molar-refractivity contribution in [2.24, 2.45) is 5.73 Å². The predicted octanol–water partition coefficient (Wildman–Crippen LogP) is 3.63. The first-order valence-corrected chi connectivity index (χ1v) is 10.3. The Morgan fingerprint density at radius 1 is 1.33 bits per heavy atom. The first-order valence-electron chi connectivity index (χ1n) is 10.3. The first kappa shape index (κ1) is 22.0. The second-order valence-corrected chi connectivity index (χ2v) is 8.98. The highest BCUT2D eigenvalue weighted by Gasteiger charge is 2.38. The van der Waals surface area contributed by atoms with E-state index in [9.17, 15) is 18.8 Å². The van der Waals surface area contributed by atoms with Crippen molar-refractivity contribution in [2.45, 2.75) is 78.0 Å². The number of nitrogens with zero attached hydrogens (tertiary/aromatic N) is 1. The number of amides is 2. The number of primary amides is 1. The van der Waals surface area contributed by atoms with E-state index in [2.05, 4.69) is 6.08 Å². The molecule has 162 valence electrons. The number of halogens is 1. The topological polar surface area (TPSA) is 89.7 Å². The van der Waals surface area contributed by atoms with Crippen LogP contribution in [0, 0.1) is 12.7 Å². The van der Waals surface area contributed by atoms with Gasteiger partial charge in [-0.15, -0.1) is 0 Å². The van der Waals surface area contributed by atoms with Crippen molar-refractivity contribution in [2.75, 3.05) is 0 Å². The van der Waals surface area contributed by atoms with Gasteiger partial charge in [-0.2, -0.15) is 0 Å². The van der Waals surface area contributed by atoms with E-state index in [1.54, 1.807) is 27.7 Å². The van der Waals surface area contributed by atoms with Crippen LogP contribution in [0.25, 0.3) is 5.57 Å². The van der Waals surface area contributed by atoms with Gasteiger partial charge in [0.25, 0.3) is 5.91 Å². The minimum atomic E-state index is -0.966. The van der Waals surface area contributed by atoms with Crippen molar-refractivity contribution >= 4 is 23.4 Å². The van der Waals surface area contributed by atoms with Gasteiger partial charge in [0.2, 0.25) is 5.91 Å². The normalized spacial score (nSPS) is 17.0. The quantitative estimate of drug-likeness (QED) is 0.717. The Labute approximate surface area is 176 Å². The molecule has 2 N–H and O–H groups in total. The molecule has 7 heteroatoms. The Morgan fingerprint density at radius 3 is 2.60 bits per heavy atom. The van der Waals surface area contributed by atoms with Crippen molar-refractivity contribution in [1.82, 2.24) is 4.90 Å². The maximum Gasteiger partial charge on any atom is 0.306 e. The van der Waals surface area contributed by atoms with Crippen LogP contribution in [0.1, 0.15) is 79.9 Å². The molecule has 1 unspecified atom stereocenters. The number of nitrogens with two attached hydrogens (primary N) is 1. The molecule has 1 aromatic carbocycles. The highest BCUT2D eigenvalue weighted by Crippen LogP contribution is 2.39. The van der Waals surface area contributed by atoms with Gasteiger partial charge < -0.3 is 15.4 Å². The summed E-state index contributed by atoms with van der Waals surface area (Å²) in [5, 5.41) is 0. The zero-order valence-electron chi connectivity index (χ0n) is 18.0. The minimum absolute atomic E-state index is 0.0452. The number of carbonyl (C=O) groups is 3. The molecule has 1 atom stereocenters. The van der Waals surface area contributed by atoms with Gasteiger partial charge in [0.05, 0.1) is 0 Å². The molecule has 0 saturated heterocycles. The molecular weight excluding hydrogens is 387 g/mol. The number of carbonyl (C=O) groups excluding carboxylic acids is 3. The van der Waals surface area contributed by atoms with Crippen LogP contribution >= 0.6 is 0 Å². The predicted molar refractivity (Wildman–Crippen MR) is 111 cm³/mol. The fourth-order valence-corrected chi connectivity index (χ4v) is 4.24. The number of ether oxygens (including phenoxy) is 1. The molecule has 0 bridgehead atoms. The largest absolute Gasteiger partial charge is 0.460 e. The minimum Gasteiger partial charge on any atom is -0.460 e. The van der Waals surface area contributed by atoms with Crippen LogP contribution in [-0.2, 0) is 20.9 Å². The lowest BCUT2D eigenvalue weighted by Crippen LogP contribution is -2.45. The fourth-order valence-electron chi connectivity index (χ4n) is 4.24. The van der Waals surface area contributed by atoms with Crippen LogP contribution in [0.15, 0.2) is 12.1 Å². The van der Waals surface area contributed by atoms with Gasteiger partial charge in [-0.1, -0.05) is 6.08 Å². The van der Waals surface area contributed by atoms with Gasteiger partial charge in [-0.25, -0.2) is 4.39 Å². The van der Waals surface area contributed by atoms with E-state index in [0.717, 1.165) is 36.0 Å². The van der Waals surface area contributed by atoms with Crippen molar-refractivity contribution in [1.29, 1.82) is 0 Å². The van der Waals surface area contributed by atoms with E-state index >= 15 is 0 Å². The van der Waals surface area contributed by atoms with Crippen LogP contribution in [0.5, 0.6) is 0 Å². The summed E-state index contributed by atoms with van der Waals surface area (Å²) >= 11 is 0. The van der Waals surface area contributed by atoms with Crippen LogP contribution in [-0.4, -0.2) is 34.3 Å². The smallest absolute Gasteiger partial charge is 0.306 e. The van der Waals surface area contributed by atoms with Crippen molar-refractivity contribution in [3.8, 4) is 0 Å². The highest BCUT2D eigenvalue weighted by atomic mass is 19.1. The van der Waals surface area contributed by atoms with Crippen molar-refractivity contribution in [3.05, 3.63) is 40.2 Å². The Hall–Kier alpha value is -2.70. The summed E-state index contributed by atoms with van der Waals surface area (Å²) in [7, 11) is 0. The lowest BCUT2D eigenvalue weighted by atomic mass is 9.91. The number of allylic oxidation sites excluding steroid dienone is 2. The summed E-state index contributed by atoms with van der Waals surface area (Å²) in [5.74, 6) is -2.02. The molecule has 0 spiro atoms. The van der Waals surface area contributed by atoms with Crippen molar-refractivity contribution < 1.29 is 23.5 Å². The van der Waals surface area contributed by atoms with Crippen molar-refractivity contribution in [3.63, 3.8) is 0 Å². The number of hydrogen-bond acceptors (Lipinski definition) is 4. The third kappa shape index (κ3) is 4.40. The summed E-state index contributed by atoms with van der Waals surface area (Å²) in [4.78, 5) is 38.6. The lowest BCUT2D eigenvalue weighted by molar-refractivity contribution is -0.155. The number of rotatable bonds is 6. The maximum absolute atomic E-state index is 14.6. The number of hydrogen-bond donors (Lipinski definition) is 1. The first-order chi connectivity index (χ1) is 14.0. The fraction of sp³-hybridized carbons (Fsp3) is 0.522. The molecule has 0 saturated carbocycles. The molecule has 2 amide bonds. The lowest BCUT2D eigenvalue weighted by Gasteiger charge is -2.26. The Bertz CT molecular complexity index is 930. The standard InChI is InChI=1S/C23H29FN2O4/c1-13-17(24)11-15-16(20(13)14-7-5-6-8-14)12-26(22(15)29)18(21(25)28)9-10-19(27)30-23(2,3)4/h7,11,18H,5-6,8-10,12H2,1-4H3,(H2,25,28). The van der Waals surface area contributed by atoms with E-state index in [0.29, 0.717) is 5.56 Å². The number of esters is 1. The van der Waals surface area contributed by atoms with Gasteiger partial charge in [-0.05, 0) is 81.7 Å². The molecule has 0 radical (unpaired) electrons. The third-order valence-corrected chi connectivity index (χ3v) is 5.56. The van der Waals surface area contributed by atoms with E-state index < -0.39 is 35.2 Å². The Morgan fingerprint density at radius 2 is 2.03 bits per heavy atom. The second-order valence-electron chi connectivity index (χ2n) is 8.98. The zero-order chi connectivity index (χ0) is 22.2. The molecule has 1 heterocycles. The summed E-state index contributed by atoms with van der Waals surface area (Å²) < 4.78 is 19.9. The van der Waals surface area contributed by atoms with Crippen LogP contribution < -0.4 is 5.73 Å². The molecule has 1 aromatic rings. The van der Waals surface area contributed by atoms with Crippen LogP contribution in [0.3, 0.4) is 0 Å². The average molecular weight is 416 g/mol. The molecule has 0 fully saturated rings. The van der Waals surface area contributed by atoms with Gasteiger partial charge in [0, 0.05) is 18.5 Å². The van der Waals surface area contributed by atoms with Gasteiger partial charge in [0.15, 0.2) is 0 Å². The Kier molecular flexibility index (Phi) is 6.01. The summed E-state index contributed by atoms with van der Waals surface area (Å²) in [6.45, 7) is 7.16. The van der Waals surface area contributed by atoms with Crippen LogP contribution in [0.4, 0.5) is 4.39 Å². The summed E-state index contributed by atoms with van der Waals surface area (Å²) in [5.41, 5.74) is 8.27. The number of fused-ring (bicyclic) bond motifs is 1. The van der Waals surface area contributed by atoms with E-state index in [1.165, 1.54) is 11.0 Å². The SMILES string of the molecule is Cc1c(F)cc2c(c1C1=CCCC1)CN(C(CCC(=O)OC(C)(C)C)C(N)=O)C2=O. The van der Waals surface area contributed by atoms with E-state index in [1.807, 2.05) is 0 Å². The molecule has 3 rings (SSSR count). The average Bonchev–Trinajstić information content (AvgIpc) is 3.24. The Balaban J connectivity index is 1.87.